The van der Waals surface area contributed by atoms with E-state index >= 15 is 0 Å². The Balaban J connectivity index is 0.000000121. The van der Waals surface area contributed by atoms with Gasteiger partial charge in [-0.25, -0.2) is 47.8 Å². The normalized spacial score (nSPS) is 16.5. The van der Waals surface area contributed by atoms with E-state index in [0.717, 1.165) is 160 Å². The summed E-state index contributed by atoms with van der Waals surface area (Å²) < 4.78 is 153. The van der Waals surface area contributed by atoms with Crippen LogP contribution in [0.25, 0.3) is 167 Å². The number of benzene rings is 5. The van der Waals surface area contributed by atoms with Crippen molar-refractivity contribution in [2.24, 2.45) is 46.5 Å². The third-order valence-corrected chi connectivity index (χ3v) is 23.8. The van der Waals surface area contributed by atoms with Crippen LogP contribution in [0.3, 0.4) is 0 Å². The summed E-state index contributed by atoms with van der Waals surface area (Å²) in [5.41, 5.74) is 24.0. The zero-order valence-corrected chi connectivity index (χ0v) is 74.6. The Morgan fingerprint density at radius 3 is 1.05 bits per heavy atom. The van der Waals surface area contributed by atoms with Gasteiger partial charge in [0.25, 0.3) is 0 Å². The van der Waals surface area contributed by atoms with Crippen molar-refractivity contribution in [2.45, 2.75) is 159 Å². The summed E-state index contributed by atoms with van der Waals surface area (Å²) in [6.45, 7) is 15.5. The SMILES string of the molecule is Cc1ccc2c(oc3nc(C(C)(C)C)ccc32)c1-c1cccc[n+]1C.[2H]C(C)(C)c1ccc2c(n1)oc1c(-c3cccc[n+]3C)c(C)ccc12.[2H]C([2H])([2H])C(C)(Cc1ccc2c(n1)oc1c(-c3cccc[n+]3C)c(C)ccc12)C([2H])([2H])[2H].[2H]C([2H])([2H])C([2H])(C)Cc1ccc2c(n1)oc1c(-c3cccc[n+]3C)c(C)ccc12.[2H]C1([2H])CCCC1([2H])c1ccc2c(n1)oc1c(-c3cccc[n+]3C)c(C)ccc12. The zero-order valence-electron chi connectivity index (χ0n) is 88.6. The van der Waals surface area contributed by atoms with Crippen LogP contribution in [-0.2, 0) is 53.5 Å². The van der Waals surface area contributed by atoms with E-state index in [9.17, 15) is 0 Å². The fraction of sp³-hybridized carbons (Fsp3) is 0.279. The number of pyridine rings is 10. The molecule has 1 aliphatic carbocycles. The van der Waals surface area contributed by atoms with Gasteiger partial charge in [-0.1, -0.05) is 143 Å². The van der Waals surface area contributed by atoms with Gasteiger partial charge in [0.2, 0.25) is 57.0 Å². The first-order valence-electron chi connectivity index (χ1n) is 49.8. The largest absolute Gasteiger partial charge is 0.437 e. The second-order valence-electron chi connectivity index (χ2n) is 34.8. The van der Waals surface area contributed by atoms with Gasteiger partial charge < -0.3 is 22.1 Å². The standard InChI is InChI=1S/C23H23N2O.C23H25N2O.2C22H23N2O.C21H21N2O/c1-15-10-11-17-18-12-13-19(16-7-3-4-8-16)24-23(18)26-22(17)21(15)20-9-5-6-14-25(20)2;1-15-9-11-17-18-12-10-16(14-23(2,3)4)24-22(18)26-21(17)20(15)19-8-6-7-13-25(19)5;1-14-9-10-15-16-11-12-18(22(2,3)4)23-21(16)25-20(15)19(14)17-8-6-7-13-24(17)5;1-14(2)13-16-9-11-18-17-10-8-15(3)20(21(17)25-22(18)23-16)19-7-5-6-12-24(19)4;1-13(2)17-11-10-16-15-9-8-14(3)19(20(15)24-21(16)22-17)18-7-5-6-12-23(18)4/h5-6,9-14,16H,3-4,7-8H2,1-2H3;6-13H,14H2,1-5H3;6-13H,1-5H3;5-12,14H,13H2,1-4H3;5-13H,1-4H3/q5*+1/i7D2,16D;2D3,3D3;;1D3,14D;13D. The maximum Gasteiger partial charge on any atom is 0.227 e. The molecule has 0 spiro atoms. The lowest BCUT2D eigenvalue weighted by atomic mass is 9.90. The van der Waals surface area contributed by atoms with Crippen LogP contribution < -0.4 is 22.8 Å². The quantitative estimate of drug-likeness (QED) is 0.121. The molecule has 0 aliphatic heterocycles. The van der Waals surface area contributed by atoms with Gasteiger partial charge in [0.1, 0.15) is 35.2 Å². The molecule has 0 N–H and O–H groups in total. The van der Waals surface area contributed by atoms with Crippen molar-refractivity contribution in [3.05, 3.63) is 300 Å². The number of rotatable bonds is 10. The summed E-state index contributed by atoms with van der Waals surface area (Å²) in [4.78, 5) is 23.1. The predicted molar refractivity (Wildman–Crippen MR) is 510 cm³/mol. The molecule has 0 amide bonds. The van der Waals surface area contributed by atoms with E-state index in [1.54, 1.807) is 18.2 Å². The number of aromatic nitrogens is 10. The average molecular weight is 1680 g/mol. The second-order valence-corrected chi connectivity index (χ2v) is 34.8. The third-order valence-electron chi connectivity index (χ3n) is 23.8. The molecule has 1 aliphatic rings. The molecule has 21 rings (SSSR count). The molecule has 2 atom stereocenters. The van der Waals surface area contributed by atoms with E-state index in [1.807, 2.05) is 188 Å². The van der Waals surface area contributed by atoms with Crippen LogP contribution in [0.15, 0.2) is 265 Å². The smallest absolute Gasteiger partial charge is 0.227 e. The average Bonchev–Trinajstić information content (AvgIpc) is 1.56. The van der Waals surface area contributed by atoms with E-state index in [-0.39, 0.29) is 18.3 Å². The van der Waals surface area contributed by atoms with Crippen LogP contribution >= 0.6 is 0 Å². The van der Waals surface area contributed by atoms with Crippen molar-refractivity contribution in [2.75, 3.05) is 0 Å². The summed E-state index contributed by atoms with van der Waals surface area (Å²) in [5.74, 6) is -3.69. The maximum atomic E-state index is 8.79. The summed E-state index contributed by atoms with van der Waals surface area (Å²) in [6, 6.07) is 70.3. The Hall–Kier alpha value is -13.4. The molecular weight excluding hydrogens is 1550 g/mol. The molecule has 5 aromatic carbocycles. The van der Waals surface area contributed by atoms with Gasteiger partial charge >= 0.3 is 0 Å². The van der Waals surface area contributed by atoms with Gasteiger partial charge in [-0.15, -0.1) is 0 Å². The van der Waals surface area contributed by atoms with E-state index in [2.05, 4.69) is 185 Å². The Morgan fingerprint density at radius 2 is 0.706 bits per heavy atom. The van der Waals surface area contributed by atoms with Crippen molar-refractivity contribution in [1.29, 1.82) is 0 Å². The molecule has 1 fully saturated rings. The van der Waals surface area contributed by atoms with Crippen molar-refractivity contribution >= 4 is 110 Å². The number of aryl methyl sites for hydroxylation is 10. The molecule has 15 heteroatoms. The van der Waals surface area contributed by atoms with Crippen molar-refractivity contribution in [3.63, 3.8) is 0 Å². The van der Waals surface area contributed by atoms with Crippen LogP contribution in [0.2, 0.25) is 0 Å². The summed E-state index contributed by atoms with van der Waals surface area (Å²) in [5, 5.41) is 9.66. The Bertz CT molecular complexity index is 8040. The Labute approximate surface area is 757 Å². The fourth-order valence-electron chi connectivity index (χ4n) is 17.2. The minimum Gasteiger partial charge on any atom is -0.437 e. The van der Waals surface area contributed by atoms with E-state index in [1.165, 1.54) is 19.4 Å². The van der Waals surface area contributed by atoms with Gasteiger partial charge in [-0.2, -0.15) is 0 Å². The predicted octanol–water partition coefficient (Wildman–Crippen LogP) is 25.8. The first-order valence-corrected chi connectivity index (χ1v) is 42.8. The zero-order chi connectivity index (χ0) is 100. The van der Waals surface area contributed by atoms with Crippen molar-refractivity contribution in [3.8, 4) is 56.3 Å². The Kier molecular flexibility index (Phi) is 18.9. The fourth-order valence-corrected chi connectivity index (χ4v) is 17.2. The lowest BCUT2D eigenvalue weighted by Crippen LogP contribution is -2.30. The van der Waals surface area contributed by atoms with Crippen LogP contribution in [0, 0.1) is 45.9 Å². The maximum absolute atomic E-state index is 8.79. The lowest BCUT2D eigenvalue weighted by Gasteiger charge is -2.16. The molecule has 2 unspecified atom stereocenters. The van der Waals surface area contributed by atoms with Gasteiger partial charge in [0.05, 0.1) is 27.8 Å². The number of hydrogen-bond acceptors (Lipinski definition) is 10. The van der Waals surface area contributed by atoms with Crippen LogP contribution in [0.1, 0.15) is 182 Å². The van der Waals surface area contributed by atoms with Crippen LogP contribution in [0.5, 0.6) is 0 Å². The molecule has 20 aromatic rings. The Morgan fingerprint density at radius 1 is 0.381 bits per heavy atom. The molecule has 15 heterocycles. The molecule has 126 heavy (non-hydrogen) atoms. The van der Waals surface area contributed by atoms with Gasteiger partial charge in [-0.05, 0) is 196 Å². The van der Waals surface area contributed by atoms with Gasteiger partial charge in [0, 0.05) is 173 Å². The summed E-state index contributed by atoms with van der Waals surface area (Å²) >= 11 is 0. The molecule has 0 saturated heterocycles. The van der Waals surface area contributed by atoms with Crippen molar-refractivity contribution < 1.29 is 64.1 Å². The third kappa shape index (κ3) is 16.8. The monoisotopic (exact) mass is 1680 g/mol. The van der Waals surface area contributed by atoms with Crippen LogP contribution in [0.4, 0.5) is 0 Å². The van der Waals surface area contributed by atoms with Gasteiger partial charge in [0.15, 0.2) is 58.9 Å². The summed E-state index contributed by atoms with van der Waals surface area (Å²) in [6.07, 6.45) is 9.87. The highest BCUT2D eigenvalue weighted by atomic mass is 16.4. The highest BCUT2D eigenvalue weighted by molar-refractivity contribution is 6.13. The van der Waals surface area contributed by atoms with Crippen LogP contribution in [-0.4, -0.2) is 24.9 Å². The number of furan rings is 5. The molecular formula is C111H115N10O5+5. The number of nitrogens with zero attached hydrogens (tertiary/aromatic N) is 10. The topological polar surface area (TPSA) is 150 Å². The molecule has 15 nitrogen and oxygen atoms in total. The first kappa shape index (κ1) is 69.0. The van der Waals surface area contributed by atoms with Crippen molar-refractivity contribution in [1.82, 2.24) is 24.9 Å². The summed E-state index contributed by atoms with van der Waals surface area (Å²) in [7, 11) is 10.1. The van der Waals surface area contributed by atoms with Gasteiger partial charge in [-0.3, -0.25) is 0 Å². The van der Waals surface area contributed by atoms with E-state index in [0.29, 0.717) is 76.2 Å². The minimum atomic E-state index is -2.67. The van der Waals surface area contributed by atoms with E-state index in [4.69, 9.17) is 46.3 Å². The molecule has 15 aromatic heterocycles. The highest BCUT2D eigenvalue weighted by Crippen LogP contribution is 2.44. The number of hydrogen-bond donors (Lipinski definition) is 0. The number of fused-ring (bicyclic) bond motifs is 15. The minimum absolute atomic E-state index is 0.00220. The molecule has 0 radical (unpaired) electrons. The molecule has 1 saturated carbocycles. The highest BCUT2D eigenvalue weighted by Gasteiger charge is 2.30. The van der Waals surface area contributed by atoms with E-state index < -0.39 is 50.0 Å². The molecule has 0 bridgehead atoms. The second kappa shape index (κ2) is 34.6. The lowest BCUT2D eigenvalue weighted by molar-refractivity contribution is -0.660. The first-order chi connectivity index (χ1) is 65.9. The molecule has 634 valence electrons.